The number of halogens is 1. The minimum atomic E-state index is -1.46. The van der Waals surface area contributed by atoms with Crippen LogP contribution in [0.25, 0.3) is 10.8 Å². The Morgan fingerprint density at radius 3 is 2.55 bits per heavy atom. The Morgan fingerprint density at radius 2 is 1.90 bits per heavy atom. The maximum Gasteiger partial charge on any atom is 0.252 e. The largest absolute Gasteiger partial charge is 0.496 e. The summed E-state index contributed by atoms with van der Waals surface area (Å²) in [6.07, 6.45) is 1.43. The van der Waals surface area contributed by atoms with Crippen molar-refractivity contribution in [1.29, 1.82) is 5.26 Å². The maximum absolute atomic E-state index is 14.5. The number of hydrogen-bond acceptors (Lipinski definition) is 7. The van der Waals surface area contributed by atoms with Gasteiger partial charge >= 0.3 is 0 Å². The van der Waals surface area contributed by atoms with E-state index in [4.69, 9.17) is 4.74 Å². The Bertz CT molecular complexity index is 1620. The summed E-state index contributed by atoms with van der Waals surface area (Å²) in [5.41, 5.74) is 1.66. The lowest BCUT2D eigenvalue weighted by atomic mass is 10.0. The molecule has 2 unspecified atom stereocenters. The van der Waals surface area contributed by atoms with Gasteiger partial charge in [0, 0.05) is 27.1 Å². The van der Waals surface area contributed by atoms with Crippen molar-refractivity contribution in [3.05, 3.63) is 64.1 Å². The molecule has 0 radical (unpaired) electrons. The number of benzene rings is 3. The minimum Gasteiger partial charge on any atom is -0.496 e. The van der Waals surface area contributed by atoms with Crippen molar-refractivity contribution in [1.82, 2.24) is 10.6 Å². The molecule has 0 aliphatic carbocycles. The normalized spacial score (nSPS) is 18.1. The third-order valence-corrected chi connectivity index (χ3v) is 8.75. The summed E-state index contributed by atoms with van der Waals surface area (Å²) in [5, 5.41) is 17.2. The minimum absolute atomic E-state index is 0.0140. The van der Waals surface area contributed by atoms with Crippen molar-refractivity contribution in [2.45, 2.75) is 38.5 Å². The summed E-state index contributed by atoms with van der Waals surface area (Å²) >= 11 is 3.60. The molecule has 1 aliphatic heterocycles. The van der Waals surface area contributed by atoms with Gasteiger partial charge in [0.15, 0.2) is 0 Å². The van der Waals surface area contributed by atoms with Crippen LogP contribution in [-0.4, -0.2) is 66.2 Å². The fourth-order valence-electron chi connectivity index (χ4n) is 5.11. The van der Waals surface area contributed by atoms with Crippen molar-refractivity contribution in [3.8, 4) is 11.8 Å². The van der Waals surface area contributed by atoms with Crippen molar-refractivity contribution in [2.24, 2.45) is 0 Å². The van der Waals surface area contributed by atoms with Crippen LogP contribution in [0.3, 0.4) is 0 Å². The van der Waals surface area contributed by atoms with Gasteiger partial charge in [-0.05, 0) is 68.1 Å². The average Bonchev–Trinajstić information content (AvgIpc) is 3.05. The van der Waals surface area contributed by atoms with Gasteiger partial charge in [0.2, 0.25) is 11.8 Å². The number of nitriles is 1. The first-order valence-corrected chi connectivity index (χ1v) is 15.7. The lowest BCUT2D eigenvalue weighted by molar-refractivity contribution is -0.129. The topological polar surface area (TPSA) is 132 Å². The molecule has 1 heterocycles. The van der Waals surface area contributed by atoms with Crippen LogP contribution in [0, 0.1) is 11.3 Å². The Balaban J connectivity index is 1.98. The summed E-state index contributed by atoms with van der Waals surface area (Å²) < 4.78 is 18.7. The Morgan fingerprint density at radius 1 is 1.17 bits per heavy atom. The lowest BCUT2D eigenvalue weighted by Gasteiger charge is -2.32. The molecule has 10 nitrogen and oxygen atoms in total. The molecule has 0 spiro atoms. The molecular formula is C30H32BrN5O5S. The highest BCUT2D eigenvalue weighted by Crippen LogP contribution is 2.40. The highest BCUT2D eigenvalue weighted by Gasteiger charge is 2.43. The van der Waals surface area contributed by atoms with E-state index in [0.29, 0.717) is 22.7 Å². The second-order valence-electron chi connectivity index (χ2n) is 10.0. The number of methoxy groups -OCH3 is 1. The number of fused-ring (bicyclic) bond motifs is 2. The number of hydrogen-bond donors (Lipinski definition) is 2. The molecular weight excluding hydrogens is 622 g/mol. The van der Waals surface area contributed by atoms with Crippen LogP contribution in [0.5, 0.6) is 5.75 Å². The van der Waals surface area contributed by atoms with Gasteiger partial charge in [-0.25, -0.2) is 0 Å². The number of amides is 3. The summed E-state index contributed by atoms with van der Waals surface area (Å²) in [6.45, 7) is 3.35. The molecule has 0 bridgehead atoms. The smallest absolute Gasteiger partial charge is 0.252 e. The first-order valence-electron chi connectivity index (χ1n) is 13.2. The van der Waals surface area contributed by atoms with E-state index in [-0.39, 0.29) is 17.9 Å². The highest BCUT2D eigenvalue weighted by molar-refractivity contribution is 9.10. The number of carbonyl (C=O) groups excluding carboxylic acids is 3. The summed E-state index contributed by atoms with van der Waals surface area (Å²) in [7, 11) is 1.71. The number of anilines is 2. The Labute approximate surface area is 255 Å². The summed E-state index contributed by atoms with van der Waals surface area (Å²) in [4.78, 5) is 44.1. The number of likely N-dealkylation sites (N-methyl/N-ethyl adjacent to an activating group) is 1. The van der Waals surface area contributed by atoms with E-state index in [9.17, 15) is 23.9 Å². The molecule has 0 aromatic heterocycles. The molecule has 1 aliphatic rings. The molecule has 0 saturated heterocycles. The van der Waals surface area contributed by atoms with Crippen LogP contribution < -0.4 is 25.2 Å². The number of nitrogens with zero attached hydrogens (tertiary/aromatic N) is 3. The van der Waals surface area contributed by atoms with E-state index < -0.39 is 46.6 Å². The van der Waals surface area contributed by atoms with Gasteiger partial charge in [-0.2, -0.15) is 5.26 Å². The molecule has 0 saturated carbocycles. The molecule has 3 amide bonds. The zero-order valence-corrected chi connectivity index (χ0v) is 26.3. The van der Waals surface area contributed by atoms with Crippen LogP contribution in [-0.2, 0) is 31.7 Å². The van der Waals surface area contributed by atoms with E-state index in [1.807, 2.05) is 30.3 Å². The number of ether oxygens (including phenoxy) is 1. The third kappa shape index (κ3) is 6.04. The Kier molecular flexibility index (Phi) is 9.66. The van der Waals surface area contributed by atoms with E-state index in [1.54, 1.807) is 46.2 Å². The molecule has 220 valence electrons. The van der Waals surface area contributed by atoms with Crippen molar-refractivity contribution < 1.29 is 23.3 Å². The van der Waals surface area contributed by atoms with Gasteiger partial charge in [-0.1, -0.05) is 28.1 Å². The first kappa shape index (κ1) is 31.2. The molecule has 4 atom stereocenters. The molecule has 42 heavy (non-hydrogen) atoms. The molecule has 3 aromatic carbocycles. The number of nitrogens with one attached hydrogen (secondary N) is 2. The van der Waals surface area contributed by atoms with Crippen molar-refractivity contribution >= 4 is 66.6 Å². The molecule has 2 N–H and O–H groups in total. The number of rotatable bonds is 8. The Hall–Kier alpha value is -3.79. The summed E-state index contributed by atoms with van der Waals surface area (Å²) in [6, 6.07) is 13.7. The van der Waals surface area contributed by atoms with E-state index >= 15 is 0 Å². The van der Waals surface area contributed by atoms with Crippen molar-refractivity contribution in [3.63, 3.8) is 0 Å². The summed E-state index contributed by atoms with van der Waals surface area (Å²) in [5.74, 6) is -1.11. The van der Waals surface area contributed by atoms with Crippen LogP contribution in [0.1, 0.15) is 25.0 Å². The van der Waals surface area contributed by atoms with Gasteiger partial charge in [0.1, 0.15) is 17.5 Å². The zero-order valence-electron chi connectivity index (χ0n) is 23.9. The van der Waals surface area contributed by atoms with Crippen LogP contribution >= 0.6 is 15.9 Å². The van der Waals surface area contributed by atoms with Crippen LogP contribution in [0.15, 0.2) is 53.0 Å². The van der Waals surface area contributed by atoms with Crippen LogP contribution in [0.2, 0.25) is 0 Å². The fourth-order valence-corrected chi connectivity index (χ4v) is 6.09. The SMILES string of the molecule is CN[C@@H](C)C(=O)NC1C(=O)N(Cc2c(OC)ccc3c(Br)cccc23)c2cc(C#N)ccc2N(C(=O)CS(C)=O)[C@H]1C. The fraction of sp³-hybridized carbons (Fsp3) is 0.333. The highest BCUT2D eigenvalue weighted by atomic mass is 79.9. The standard InChI is InChI=1S/C30H32BrN5O5S/c1-17(33-3)29(38)34-28-18(2)36(27(37)16-42(5)40)24-11-9-19(14-32)13-25(24)35(30(28)39)15-22-20-7-6-8-23(31)21(20)10-12-26(22)41-4/h6-13,17-18,28,33H,15-16H2,1-5H3,(H,34,38)/t17-,18-,28?,42?/m0/s1. The zero-order chi connectivity index (χ0) is 30.7. The molecule has 3 aromatic rings. The lowest BCUT2D eigenvalue weighted by Crippen LogP contribution is -2.60. The maximum atomic E-state index is 14.5. The average molecular weight is 655 g/mol. The third-order valence-electron chi connectivity index (χ3n) is 7.41. The number of carbonyl (C=O) groups is 3. The quantitative estimate of drug-likeness (QED) is 0.382. The first-order chi connectivity index (χ1) is 20.0. The molecule has 0 fully saturated rings. The monoisotopic (exact) mass is 653 g/mol. The van der Waals surface area contributed by atoms with Gasteiger partial charge < -0.3 is 25.2 Å². The second kappa shape index (κ2) is 13.0. The predicted octanol–water partition coefficient (Wildman–Crippen LogP) is 3.22. The van der Waals surface area contributed by atoms with Gasteiger partial charge in [0.25, 0.3) is 5.91 Å². The van der Waals surface area contributed by atoms with E-state index in [1.165, 1.54) is 16.1 Å². The van der Waals surface area contributed by atoms with Gasteiger partial charge in [-0.3, -0.25) is 18.6 Å². The van der Waals surface area contributed by atoms with Gasteiger partial charge in [-0.15, -0.1) is 0 Å². The van der Waals surface area contributed by atoms with E-state index in [2.05, 4.69) is 32.6 Å². The predicted molar refractivity (Wildman–Crippen MR) is 167 cm³/mol. The van der Waals surface area contributed by atoms with Crippen LogP contribution in [0.4, 0.5) is 11.4 Å². The second-order valence-corrected chi connectivity index (χ2v) is 12.3. The van der Waals surface area contributed by atoms with Crippen molar-refractivity contribution in [2.75, 3.05) is 36.0 Å². The molecule has 4 rings (SSSR count). The molecule has 12 heteroatoms. The van der Waals surface area contributed by atoms with Gasteiger partial charge in [0.05, 0.1) is 48.7 Å². The van der Waals surface area contributed by atoms with E-state index in [0.717, 1.165) is 15.2 Å².